The molecule has 0 radical (unpaired) electrons. The third kappa shape index (κ3) is 2.26. The molecule has 0 unspecified atom stereocenters. The van der Waals surface area contributed by atoms with E-state index in [-0.39, 0.29) is 0 Å². The maximum absolute atomic E-state index is 5.56. The van der Waals surface area contributed by atoms with Gasteiger partial charge in [0.15, 0.2) is 0 Å². The molecule has 1 heterocycles. The highest BCUT2D eigenvalue weighted by molar-refractivity contribution is 7.09. The zero-order chi connectivity index (χ0) is 9.80. The molecule has 0 saturated heterocycles. The molecule has 14 heavy (non-hydrogen) atoms. The summed E-state index contributed by atoms with van der Waals surface area (Å²) in [5, 5.41) is 2.04. The van der Waals surface area contributed by atoms with Crippen molar-refractivity contribution in [3.63, 3.8) is 0 Å². The van der Waals surface area contributed by atoms with Crippen molar-refractivity contribution in [2.24, 2.45) is 0 Å². The second-order valence-corrected chi connectivity index (χ2v) is 3.97. The van der Waals surface area contributed by atoms with E-state index >= 15 is 0 Å². The van der Waals surface area contributed by atoms with Gasteiger partial charge in [-0.05, 0) is 35.7 Å². The lowest BCUT2D eigenvalue weighted by Gasteiger charge is -2.04. The van der Waals surface area contributed by atoms with E-state index in [4.69, 9.17) is 10.5 Å². The predicted octanol–water partition coefficient (Wildman–Crippen LogP) is 2.91. The third-order valence-electron chi connectivity index (χ3n) is 1.84. The van der Waals surface area contributed by atoms with Crippen molar-refractivity contribution in [2.45, 2.75) is 6.61 Å². The summed E-state index contributed by atoms with van der Waals surface area (Å²) in [7, 11) is 0. The summed E-state index contributed by atoms with van der Waals surface area (Å²) < 4.78 is 5.56. The largest absolute Gasteiger partial charge is 0.488 e. The van der Waals surface area contributed by atoms with Crippen LogP contribution in [0.1, 0.15) is 4.88 Å². The molecular weight excluding hydrogens is 194 g/mol. The molecule has 1 aromatic heterocycles. The van der Waals surface area contributed by atoms with E-state index in [1.807, 2.05) is 35.7 Å². The molecular formula is C11H11NOS. The number of rotatable bonds is 3. The quantitative estimate of drug-likeness (QED) is 0.782. The highest BCUT2D eigenvalue weighted by Gasteiger charge is 1.95. The van der Waals surface area contributed by atoms with Crippen LogP contribution in [0, 0.1) is 0 Å². The van der Waals surface area contributed by atoms with Gasteiger partial charge < -0.3 is 10.5 Å². The minimum Gasteiger partial charge on any atom is -0.488 e. The van der Waals surface area contributed by atoms with Gasteiger partial charge in [-0.2, -0.15) is 0 Å². The molecule has 3 heteroatoms. The van der Waals surface area contributed by atoms with Crippen molar-refractivity contribution in [2.75, 3.05) is 5.73 Å². The summed E-state index contributed by atoms with van der Waals surface area (Å²) in [5.41, 5.74) is 6.32. The lowest BCUT2D eigenvalue weighted by Crippen LogP contribution is -1.92. The highest BCUT2D eigenvalue weighted by atomic mass is 32.1. The third-order valence-corrected chi connectivity index (χ3v) is 2.69. The maximum Gasteiger partial charge on any atom is 0.122 e. The Labute approximate surface area is 86.9 Å². The Hall–Kier alpha value is -1.48. The van der Waals surface area contributed by atoms with Gasteiger partial charge in [0.2, 0.25) is 0 Å². The second kappa shape index (κ2) is 4.15. The van der Waals surface area contributed by atoms with Crippen LogP contribution in [0.15, 0.2) is 41.8 Å². The van der Waals surface area contributed by atoms with Gasteiger partial charge >= 0.3 is 0 Å². The summed E-state index contributed by atoms with van der Waals surface area (Å²) in [6.45, 7) is 0.627. The Morgan fingerprint density at radius 2 is 1.93 bits per heavy atom. The van der Waals surface area contributed by atoms with Crippen molar-refractivity contribution in [3.05, 3.63) is 46.7 Å². The second-order valence-electron chi connectivity index (χ2n) is 2.94. The van der Waals surface area contributed by atoms with Gasteiger partial charge in [0.05, 0.1) is 0 Å². The average molecular weight is 205 g/mol. The fraction of sp³-hybridized carbons (Fsp3) is 0.0909. The van der Waals surface area contributed by atoms with Crippen molar-refractivity contribution >= 4 is 17.0 Å². The molecule has 2 N–H and O–H groups in total. The van der Waals surface area contributed by atoms with E-state index in [2.05, 4.69) is 6.07 Å². The van der Waals surface area contributed by atoms with Gasteiger partial charge in [0.1, 0.15) is 12.4 Å². The van der Waals surface area contributed by atoms with E-state index in [0.717, 1.165) is 11.4 Å². The van der Waals surface area contributed by atoms with Gasteiger partial charge in [-0.1, -0.05) is 6.07 Å². The lowest BCUT2D eigenvalue weighted by molar-refractivity contribution is 0.310. The zero-order valence-electron chi connectivity index (χ0n) is 7.64. The molecule has 0 fully saturated rings. The number of nitrogen functional groups attached to an aromatic ring is 1. The van der Waals surface area contributed by atoms with Crippen LogP contribution in [0.5, 0.6) is 5.75 Å². The van der Waals surface area contributed by atoms with Gasteiger partial charge in [-0.3, -0.25) is 0 Å². The molecule has 0 bridgehead atoms. The molecule has 0 atom stereocenters. The summed E-state index contributed by atoms with van der Waals surface area (Å²) >= 11 is 1.70. The molecule has 0 aliphatic rings. The summed E-state index contributed by atoms with van der Waals surface area (Å²) in [5.74, 6) is 0.854. The Balaban J connectivity index is 1.95. The Kier molecular flexibility index (Phi) is 2.70. The predicted molar refractivity (Wildman–Crippen MR) is 59.5 cm³/mol. The van der Waals surface area contributed by atoms with Crippen LogP contribution in [-0.4, -0.2) is 0 Å². The van der Waals surface area contributed by atoms with Crippen molar-refractivity contribution in [1.82, 2.24) is 0 Å². The van der Waals surface area contributed by atoms with Crippen LogP contribution < -0.4 is 10.5 Å². The SMILES string of the molecule is Nc1ccc(OCc2cccs2)cc1. The van der Waals surface area contributed by atoms with Gasteiger partial charge in [0.25, 0.3) is 0 Å². The Bertz CT molecular complexity index is 380. The average Bonchev–Trinajstić information content (AvgIpc) is 2.70. The van der Waals surface area contributed by atoms with Crippen LogP contribution >= 0.6 is 11.3 Å². The summed E-state index contributed by atoms with van der Waals surface area (Å²) in [6, 6.07) is 11.5. The molecule has 0 aliphatic heterocycles. The Morgan fingerprint density at radius 3 is 2.57 bits per heavy atom. The zero-order valence-corrected chi connectivity index (χ0v) is 8.46. The van der Waals surface area contributed by atoms with Crippen LogP contribution in [-0.2, 0) is 6.61 Å². The standard InChI is InChI=1S/C11H11NOS/c12-9-3-5-10(6-4-9)13-8-11-2-1-7-14-11/h1-7H,8,12H2. The first-order chi connectivity index (χ1) is 6.84. The first-order valence-corrected chi connectivity index (χ1v) is 5.23. The first-order valence-electron chi connectivity index (χ1n) is 4.35. The van der Waals surface area contributed by atoms with Crippen LogP contribution in [0.25, 0.3) is 0 Å². The number of hydrogen-bond donors (Lipinski definition) is 1. The van der Waals surface area contributed by atoms with Crippen LogP contribution in [0.4, 0.5) is 5.69 Å². The van der Waals surface area contributed by atoms with Crippen molar-refractivity contribution < 1.29 is 4.74 Å². The number of hydrogen-bond acceptors (Lipinski definition) is 3. The molecule has 72 valence electrons. The van der Waals surface area contributed by atoms with Crippen molar-refractivity contribution in [1.29, 1.82) is 0 Å². The summed E-state index contributed by atoms with van der Waals surface area (Å²) in [6.07, 6.45) is 0. The highest BCUT2D eigenvalue weighted by Crippen LogP contribution is 2.16. The molecule has 0 saturated carbocycles. The van der Waals surface area contributed by atoms with Crippen LogP contribution in [0.2, 0.25) is 0 Å². The number of anilines is 1. The van der Waals surface area contributed by atoms with Crippen molar-refractivity contribution in [3.8, 4) is 5.75 Å². The van der Waals surface area contributed by atoms with E-state index in [0.29, 0.717) is 6.61 Å². The minimum absolute atomic E-state index is 0.627. The maximum atomic E-state index is 5.56. The van der Waals surface area contributed by atoms with Gasteiger partial charge in [-0.25, -0.2) is 0 Å². The van der Waals surface area contributed by atoms with Crippen LogP contribution in [0.3, 0.4) is 0 Å². The lowest BCUT2D eigenvalue weighted by atomic mass is 10.3. The van der Waals surface area contributed by atoms with E-state index in [9.17, 15) is 0 Å². The molecule has 0 spiro atoms. The van der Waals surface area contributed by atoms with Gasteiger partial charge in [-0.15, -0.1) is 11.3 Å². The number of ether oxygens (including phenoxy) is 1. The summed E-state index contributed by atoms with van der Waals surface area (Å²) in [4.78, 5) is 1.22. The van der Waals surface area contributed by atoms with E-state index < -0.39 is 0 Å². The smallest absolute Gasteiger partial charge is 0.122 e. The fourth-order valence-corrected chi connectivity index (χ4v) is 1.73. The topological polar surface area (TPSA) is 35.2 Å². The van der Waals surface area contributed by atoms with E-state index in [1.54, 1.807) is 11.3 Å². The number of thiophene rings is 1. The van der Waals surface area contributed by atoms with Gasteiger partial charge in [0, 0.05) is 10.6 Å². The molecule has 2 aromatic rings. The Morgan fingerprint density at radius 1 is 1.14 bits per heavy atom. The molecule has 0 aliphatic carbocycles. The molecule has 2 nitrogen and oxygen atoms in total. The normalized spacial score (nSPS) is 10.0. The molecule has 2 rings (SSSR count). The number of nitrogens with two attached hydrogens (primary N) is 1. The number of benzene rings is 1. The molecule has 1 aromatic carbocycles. The fourth-order valence-electron chi connectivity index (χ4n) is 1.11. The first kappa shape index (κ1) is 9.09. The minimum atomic E-state index is 0.627. The van der Waals surface area contributed by atoms with E-state index in [1.165, 1.54) is 4.88 Å². The monoisotopic (exact) mass is 205 g/mol. The molecule has 0 amide bonds.